The van der Waals surface area contributed by atoms with Gasteiger partial charge in [-0.3, -0.25) is 0 Å². The summed E-state index contributed by atoms with van der Waals surface area (Å²) < 4.78 is 36.8. The third kappa shape index (κ3) is 4.82. The molecule has 6 nitrogen and oxygen atoms in total. The average molecular weight is 351 g/mol. The Kier molecular flexibility index (Phi) is 7.58. The van der Waals surface area contributed by atoms with Gasteiger partial charge in [-0.15, -0.1) is 12.4 Å². The van der Waals surface area contributed by atoms with E-state index in [0.717, 1.165) is 12.8 Å². The fourth-order valence-corrected chi connectivity index (χ4v) is 3.83. The van der Waals surface area contributed by atoms with Gasteiger partial charge < -0.3 is 15.2 Å². The Morgan fingerprint density at radius 1 is 1.27 bits per heavy atom. The molecule has 2 N–H and O–H groups in total. The molecule has 0 radical (unpaired) electrons. The van der Waals surface area contributed by atoms with Crippen molar-refractivity contribution >= 4 is 22.4 Å². The second kappa shape index (κ2) is 8.69. The molecular formula is C14H23ClN2O4S. The van der Waals surface area contributed by atoms with E-state index < -0.39 is 10.0 Å². The summed E-state index contributed by atoms with van der Waals surface area (Å²) in [4.78, 5) is 0.274. The fraction of sp³-hybridized carbons (Fsp3) is 0.571. The van der Waals surface area contributed by atoms with Crippen LogP contribution in [-0.2, 0) is 14.8 Å². The Labute approximate surface area is 138 Å². The highest BCUT2D eigenvalue weighted by Gasteiger charge is 2.28. The maximum absolute atomic E-state index is 12.5. The lowest BCUT2D eigenvalue weighted by atomic mass is 10.1. The molecule has 0 aliphatic carbocycles. The molecule has 0 amide bonds. The monoisotopic (exact) mass is 350 g/mol. The van der Waals surface area contributed by atoms with Gasteiger partial charge >= 0.3 is 0 Å². The molecule has 0 saturated carbocycles. The minimum atomic E-state index is -3.46. The second-order valence-corrected chi connectivity index (χ2v) is 7.02. The highest BCUT2D eigenvalue weighted by Crippen LogP contribution is 2.22. The smallest absolute Gasteiger partial charge is 0.243 e. The minimum absolute atomic E-state index is 0. The van der Waals surface area contributed by atoms with Crippen LogP contribution in [0.15, 0.2) is 29.2 Å². The Morgan fingerprint density at radius 3 is 2.55 bits per heavy atom. The molecule has 1 unspecified atom stereocenters. The Hall–Kier alpha value is -0.860. The third-order valence-corrected chi connectivity index (χ3v) is 5.32. The Bertz CT molecular complexity index is 550. The number of methoxy groups -OCH3 is 1. The van der Waals surface area contributed by atoms with Crippen molar-refractivity contribution in [2.45, 2.75) is 23.8 Å². The molecule has 0 aromatic heterocycles. The summed E-state index contributed by atoms with van der Waals surface area (Å²) in [6, 6.07) is 6.37. The zero-order valence-corrected chi connectivity index (χ0v) is 14.2. The van der Waals surface area contributed by atoms with Crippen molar-refractivity contribution in [1.29, 1.82) is 0 Å². The van der Waals surface area contributed by atoms with Crippen molar-refractivity contribution in [3.05, 3.63) is 24.3 Å². The van der Waals surface area contributed by atoms with Crippen LogP contribution in [0.1, 0.15) is 12.8 Å². The first-order chi connectivity index (χ1) is 10.0. The van der Waals surface area contributed by atoms with Crippen LogP contribution in [0.2, 0.25) is 0 Å². The van der Waals surface area contributed by atoms with Crippen LogP contribution >= 0.6 is 12.4 Å². The third-order valence-electron chi connectivity index (χ3n) is 3.44. The average Bonchev–Trinajstić information content (AvgIpc) is 2.48. The molecule has 126 valence electrons. The predicted molar refractivity (Wildman–Crippen MR) is 87.0 cm³/mol. The predicted octanol–water partition coefficient (Wildman–Crippen LogP) is 1.25. The van der Waals surface area contributed by atoms with Crippen LogP contribution in [0.4, 0.5) is 0 Å². The number of rotatable bonds is 6. The molecule has 1 aromatic rings. The Balaban J connectivity index is 0.00000242. The number of ether oxygens (including phenoxy) is 2. The van der Waals surface area contributed by atoms with E-state index in [1.54, 1.807) is 31.4 Å². The van der Waals surface area contributed by atoms with Gasteiger partial charge in [0.2, 0.25) is 10.0 Å². The van der Waals surface area contributed by atoms with E-state index in [0.29, 0.717) is 32.1 Å². The summed E-state index contributed by atoms with van der Waals surface area (Å²) in [6.07, 6.45) is 1.68. The molecular weight excluding hydrogens is 328 g/mol. The van der Waals surface area contributed by atoms with Gasteiger partial charge in [0.05, 0.1) is 11.5 Å². The SMILES string of the molecule is COCCOc1ccc(S(=O)(=O)N2CCCC(N)C2)cc1.Cl. The van der Waals surface area contributed by atoms with Crippen molar-refractivity contribution in [1.82, 2.24) is 4.31 Å². The van der Waals surface area contributed by atoms with Gasteiger partial charge in [-0.1, -0.05) is 0 Å². The topological polar surface area (TPSA) is 81.9 Å². The number of benzene rings is 1. The first-order valence-corrected chi connectivity index (χ1v) is 8.45. The number of nitrogens with two attached hydrogens (primary N) is 1. The van der Waals surface area contributed by atoms with Crippen LogP contribution in [0.25, 0.3) is 0 Å². The van der Waals surface area contributed by atoms with Crippen LogP contribution in [0.3, 0.4) is 0 Å². The lowest BCUT2D eigenvalue weighted by Gasteiger charge is -2.29. The van der Waals surface area contributed by atoms with E-state index in [1.165, 1.54) is 4.31 Å². The van der Waals surface area contributed by atoms with Gasteiger partial charge in [0.1, 0.15) is 12.4 Å². The van der Waals surface area contributed by atoms with Crippen LogP contribution in [0.5, 0.6) is 5.75 Å². The van der Waals surface area contributed by atoms with Crippen molar-refractivity contribution in [3.8, 4) is 5.75 Å². The van der Waals surface area contributed by atoms with Gasteiger partial charge in [0.25, 0.3) is 0 Å². The van der Waals surface area contributed by atoms with Gasteiger partial charge in [-0.25, -0.2) is 8.42 Å². The van der Waals surface area contributed by atoms with Gasteiger partial charge in [-0.05, 0) is 37.1 Å². The number of halogens is 1. The second-order valence-electron chi connectivity index (χ2n) is 5.08. The van der Waals surface area contributed by atoms with E-state index in [9.17, 15) is 8.42 Å². The molecule has 1 aromatic carbocycles. The highest BCUT2D eigenvalue weighted by atomic mass is 35.5. The van der Waals surface area contributed by atoms with Gasteiger partial charge in [0, 0.05) is 26.2 Å². The Morgan fingerprint density at radius 2 is 1.95 bits per heavy atom. The first kappa shape index (κ1) is 19.2. The molecule has 2 rings (SSSR count). The minimum Gasteiger partial charge on any atom is -0.491 e. The molecule has 22 heavy (non-hydrogen) atoms. The van der Waals surface area contributed by atoms with Crippen molar-refractivity contribution in [2.75, 3.05) is 33.4 Å². The summed E-state index contributed by atoms with van der Waals surface area (Å²) in [5.74, 6) is 0.626. The van der Waals surface area contributed by atoms with Gasteiger partial charge in [0.15, 0.2) is 0 Å². The van der Waals surface area contributed by atoms with E-state index in [1.807, 2.05) is 0 Å². The molecule has 0 spiro atoms. The zero-order chi connectivity index (χ0) is 15.3. The molecule has 1 atom stereocenters. The molecule has 0 bridgehead atoms. The number of hydrogen-bond acceptors (Lipinski definition) is 5. The molecule has 8 heteroatoms. The van der Waals surface area contributed by atoms with E-state index in [2.05, 4.69) is 0 Å². The lowest BCUT2D eigenvalue weighted by molar-refractivity contribution is 0.146. The first-order valence-electron chi connectivity index (χ1n) is 7.01. The normalized spacial score (nSPS) is 19.5. The number of piperidine rings is 1. The van der Waals surface area contributed by atoms with Crippen molar-refractivity contribution in [3.63, 3.8) is 0 Å². The quantitative estimate of drug-likeness (QED) is 0.781. The summed E-state index contributed by atoms with van der Waals surface area (Å²) in [6.45, 7) is 1.84. The molecule has 1 aliphatic heterocycles. The van der Waals surface area contributed by atoms with Crippen LogP contribution in [0, 0.1) is 0 Å². The molecule has 1 saturated heterocycles. The summed E-state index contributed by atoms with van der Waals surface area (Å²) in [5.41, 5.74) is 5.85. The maximum Gasteiger partial charge on any atom is 0.243 e. The largest absolute Gasteiger partial charge is 0.491 e. The maximum atomic E-state index is 12.5. The number of hydrogen-bond donors (Lipinski definition) is 1. The van der Waals surface area contributed by atoms with Crippen LogP contribution in [-0.4, -0.2) is 52.2 Å². The number of sulfonamides is 1. The fourth-order valence-electron chi connectivity index (χ4n) is 2.29. The summed E-state index contributed by atoms with van der Waals surface area (Å²) in [5, 5.41) is 0. The molecule has 1 aliphatic rings. The van der Waals surface area contributed by atoms with Crippen molar-refractivity contribution in [2.24, 2.45) is 5.73 Å². The summed E-state index contributed by atoms with van der Waals surface area (Å²) in [7, 11) is -1.86. The van der Waals surface area contributed by atoms with Gasteiger partial charge in [-0.2, -0.15) is 4.31 Å². The summed E-state index contributed by atoms with van der Waals surface area (Å²) >= 11 is 0. The standard InChI is InChI=1S/C14H22N2O4S.ClH/c1-19-9-10-20-13-4-6-14(7-5-13)21(17,18)16-8-2-3-12(15)11-16;/h4-7,12H,2-3,8-11,15H2,1H3;1H. The van der Waals surface area contributed by atoms with E-state index >= 15 is 0 Å². The lowest BCUT2D eigenvalue weighted by Crippen LogP contribution is -2.45. The highest BCUT2D eigenvalue weighted by molar-refractivity contribution is 7.89. The molecule has 1 fully saturated rings. The number of nitrogens with zero attached hydrogens (tertiary/aromatic N) is 1. The van der Waals surface area contributed by atoms with E-state index in [4.69, 9.17) is 15.2 Å². The van der Waals surface area contributed by atoms with Crippen molar-refractivity contribution < 1.29 is 17.9 Å². The zero-order valence-electron chi connectivity index (χ0n) is 12.6. The van der Waals surface area contributed by atoms with E-state index in [-0.39, 0.29) is 23.3 Å². The van der Waals surface area contributed by atoms with Crippen LogP contribution < -0.4 is 10.5 Å². The molecule has 1 heterocycles.